The van der Waals surface area contributed by atoms with Crippen molar-refractivity contribution in [2.75, 3.05) is 6.61 Å². The molecule has 1 saturated carbocycles. The zero-order valence-corrected chi connectivity index (χ0v) is 15.0. The lowest BCUT2D eigenvalue weighted by Gasteiger charge is -2.39. The van der Waals surface area contributed by atoms with E-state index in [1.807, 2.05) is 6.07 Å². The lowest BCUT2D eigenvalue weighted by molar-refractivity contribution is -0.131. The van der Waals surface area contributed by atoms with Crippen molar-refractivity contribution in [1.29, 1.82) is 5.26 Å². The Morgan fingerprint density at radius 1 is 1.35 bits per heavy atom. The minimum atomic E-state index is -0.456. The molecule has 1 atom stereocenters. The minimum absolute atomic E-state index is 0.0649. The van der Waals surface area contributed by atoms with Crippen LogP contribution in [0.15, 0.2) is 12.1 Å². The van der Waals surface area contributed by atoms with E-state index < -0.39 is 6.04 Å². The summed E-state index contributed by atoms with van der Waals surface area (Å²) in [5.74, 6) is 1.15. The van der Waals surface area contributed by atoms with Gasteiger partial charge in [0.1, 0.15) is 29.7 Å². The third kappa shape index (κ3) is 2.40. The highest BCUT2D eigenvalue weighted by molar-refractivity contribution is 6.04. The predicted molar refractivity (Wildman–Crippen MR) is 92.0 cm³/mol. The van der Waals surface area contributed by atoms with Crippen LogP contribution in [0.1, 0.15) is 44.7 Å². The number of carbonyl (C=O) groups is 2. The fraction of sp³-hybridized carbons (Fsp3) is 0.526. The Balaban J connectivity index is 1.49. The number of nitrogens with zero attached hydrogens (tertiary/aromatic N) is 2. The summed E-state index contributed by atoms with van der Waals surface area (Å²) >= 11 is 0. The van der Waals surface area contributed by atoms with E-state index in [1.54, 1.807) is 13.0 Å². The van der Waals surface area contributed by atoms with Crippen LogP contribution in [0, 0.1) is 11.3 Å². The van der Waals surface area contributed by atoms with Crippen LogP contribution >= 0.6 is 0 Å². The zero-order chi connectivity index (χ0) is 18.6. The van der Waals surface area contributed by atoms with Gasteiger partial charge in [0.15, 0.2) is 0 Å². The molecule has 1 saturated heterocycles. The van der Waals surface area contributed by atoms with Crippen molar-refractivity contribution in [2.45, 2.75) is 57.2 Å². The summed E-state index contributed by atoms with van der Waals surface area (Å²) in [7, 11) is 0. The van der Waals surface area contributed by atoms with Gasteiger partial charge in [0.05, 0.1) is 12.2 Å². The van der Waals surface area contributed by atoms with Crippen LogP contribution in [0.4, 0.5) is 4.79 Å². The topological polar surface area (TPSA) is 91.7 Å². The van der Waals surface area contributed by atoms with E-state index >= 15 is 0 Å². The molecule has 7 nitrogen and oxygen atoms in total. The van der Waals surface area contributed by atoms with E-state index in [9.17, 15) is 14.9 Å². The smallest absolute Gasteiger partial charge is 0.325 e. The molecule has 0 aromatic heterocycles. The molecule has 2 heterocycles. The van der Waals surface area contributed by atoms with Crippen molar-refractivity contribution >= 4 is 11.9 Å². The number of fused-ring (bicyclic) bond motifs is 1. The molecule has 2 aliphatic heterocycles. The van der Waals surface area contributed by atoms with Crippen molar-refractivity contribution in [2.24, 2.45) is 0 Å². The highest BCUT2D eigenvalue weighted by Gasteiger charge is 2.46. The molecule has 3 aliphatic rings. The van der Waals surface area contributed by atoms with Crippen LogP contribution in [0.25, 0.3) is 0 Å². The Hall–Kier alpha value is -2.75. The van der Waals surface area contributed by atoms with Gasteiger partial charge in [0, 0.05) is 29.9 Å². The fourth-order valence-electron chi connectivity index (χ4n) is 3.86. The minimum Gasteiger partial charge on any atom is -0.491 e. The van der Waals surface area contributed by atoms with E-state index in [0.717, 1.165) is 11.3 Å². The van der Waals surface area contributed by atoms with Crippen LogP contribution < -0.4 is 14.8 Å². The van der Waals surface area contributed by atoms with Gasteiger partial charge >= 0.3 is 6.03 Å². The van der Waals surface area contributed by atoms with Gasteiger partial charge in [-0.05, 0) is 19.1 Å². The molecule has 1 aromatic rings. The number of carbonyl (C=O) groups excluding carboxylic acids is 2. The van der Waals surface area contributed by atoms with Gasteiger partial charge in [-0.15, -0.1) is 0 Å². The molecule has 4 rings (SSSR count). The van der Waals surface area contributed by atoms with Crippen molar-refractivity contribution in [3.63, 3.8) is 0 Å². The van der Waals surface area contributed by atoms with Gasteiger partial charge in [0.25, 0.3) is 5.91 Å². The molecule has 0 bridgehead atoms. The van der Waals surface area contributed by atoms with Gasteiger partial charge < -0.3 is 14.8 Å². The van der Waals surface area contributed by atoms with E-state index in [-0.39, 0.29) is 29.5 Å². The summed E-state index contributed by atoms with van der Waals surface area (Å²) in [6.45, 7) is 6.32. The molecule has 136 valence electrons. The summed E-state index contributed by atoms with van der Waals surface area (Å²) < 4.78 is 11.9. The summed E-state index contributed by atoms with van der Waals surface area (Å²) in [4.78, 5) is 25.3. The average molecular weight is 355 g/mol. The number of amides is 3. The summed E-state index contributed by atoms with van der Waals surface area (Å²) in [6, 6.07) is 4.80. The molecular weight excluding hydrogens is 334 g/mol. The molecule has 0 spiro atoms. The Labute approximate surface area is 151 Å². The van der Waals surface area contributed by atoms with Crippen molar-refractivity contribution < 1.29 is 19.1 Å². The van der Waals surface area contributed by atoms with Gasteiger partial charge in [-0.25, -0.2) is 4.79 Å². The second-order valence-corrected chi connectivity index (χ2v) is 7.84. The zero-order valence-electron chi connectivity index (χ0n) is 15.0. The Kier molecular flexibility index (Phi) is 3.62. The number of urea groups is 1. The van der Waals surface area contributed by atoms with E-state index in [1.165, 1.54) is 4.90 Å². The molecule has 26 heavy (non-hydrogen) atoms. The molecule has 0 radical (unpaired) electrons. The van der Waals surface area contributed by atoms with Crippen molar-refractivity contribution in [1.82, 2.24) is 10.2 Å². The molecule has 2 fully saturated rings. The Bertz CT molecular complexity index is 836. The van der Waals surface area contributed by atoms with Gasteiger partial charge in [0.2, 0.25) is 0 Å². The second-order valence-electron chi connectivity index (χ2n) is 7.84. The molecule has 1 aliphatic carbocycles. The summed E-state index contributed by atoms with van der Waals surface area (Å²) in [5.41, 5.74) is 1.20. The Morgan fingerprint density at radius 3 is 2.69 bits per heavy atom. The largest absolute Gasteiger partial charge is 0.491 e. The van der Waals surface area contributed by atoms with Crippen molar-refractivity contribution in [3.05, 3.63) is 23.3 Å². The number of nitrogens with one attached hydrogen (secondary N) is 1. The van der Waals surface area contributed by atoms with Gasteiger partial charge in [-0.3, -0.25) is 9.69 Å². The van der Waals surface area contributed by atoms with E-state index in [0.29, 0.717) is 30.8 Å². The monoisotopic (exact) mass is 355 g/mol. The molecule has 1 aromatic carbocycles. The number of nitriles is 1. The first kappa shape index (κ1) is 16.7. The maximum atomic E-state index is 12.1. The van der Waals surface area contributed by atoms with Crippen LogP contribution in [0.2, 0.25) is 0 Å². The number of rotatable bonds is 3. The van der Waals surface area contributed by atoms with Crippen LogP contribution in [-0.4, -0.2) is 41.6 Å². The number of imide groups is 1. The lowest BCUT2D eigenvalue weighted by Crippen LogP contribution is -2.52. The normalized spacial score (nSPS) is 28.7. The number of benzene rings is 1. The SMILES string of the molecule is C[C@H]1NC(=O)N(C2CC(Oc3ccc(C#N)c4c3C(C)(C)CO4)C2)C1=O. The van der Waals surface area contributed by atoms with Crippen LogP contribution in [0.5, 0.6) is 11.5 Å². The van der Waals surface area contributed by atoms with Crippen LogP contribution in [0.3, 0.4) is 0 Å². The van der Waals surface area contributed by atoms with Crippen molar-refractivity contribution in [3.8, 4) is 17.6 Å². The molecule has 3 amide bonds. The first-order valence-corrected chi connectivity index (χ1v) is 8.82. The van der Waals surface area contributed by atoms with E-state index in [2.05, 4.69) is 25.2 Å². The highest BCUT2D eigenvalue weighted by atomic mass is 16.5. The summed E-state index contributed by atoms with van der Waals surface area (Å²) in [6.07, 6.45) is 1.16. The molecule has 0 unspecified atom stereocenters. The maximum Gasteiger partial charge on any atom is 0.325 e. The highest BCUT2D eigenvalue weighted by Crippen LogP contribution is 2.47. The Morgan fingerprint density at radius 2 is 2.08 bits per heavy atom. The van der Waals surface area contributed by atoms with Crippen LogP contribution in [-0.2, 0) is 10.2 Å². The van der Waals surface area contributed by atoms with Gasteiger partial charge in [-0.1, -0.05) is 13.8 Å². The third-order valence-electron chi connectivity index (χ3n) is 5.39. The number of hydrogen-bond acceptors (Lipinski definition) is 5. The number of ether oxygens (including phenoxy) is 2. The second kappa shape index (κ2) is 5.63. The molecule has 1 N–H and O–H groups in total. The first-order chi connectivity index (χ1) is 12.3. The molecular formula is C19H21N3O4. The average Bonchev–Trinajstić information content (AvgIpc) is 3.00. The molecule has 7 heteroatoms. The predicted octanol–water partition coefficient (Wildman–Crippen LogP) is 2.08. The maximum absolute atomic E-state index is 12.1. The van der Waals surface area contributed by atoms with E-state index in [4.69, 9.17) is 9.47 Å². The van der Waals surface area contributed by atoms with Gasteiger partial charge in [-0.2, -0.15) is 5.26 Å². The summed E-state index contributed by atoms with van der Waals surface area (Å²) in [5, 5.41) is 11.9. The quantitative estimate of drug-likeness (QED) is 0.838. The first-order valence-electron chi connectivity index (χ1n) is 8.82. The number of hydrogen-bond donors (Lipinski definition) is 1. The lowest BCUT2D eigenvalue weighted by atomic mass is 9.84. The fourth-order valence-corrected chi connectivity index (χ4v) is 3.86. The standard InChI is InChI=1S/C19H21N3O4/c1-10-17(23)22(18(24)21-10)12-6-13(7-12)26-14-5-4-11(8-20)16-15(14)19(2,3)9-25-16/h4-5,10,12-13H,6-7,9H2,1-3H3,(H,21,24)/t10-,12?,13?/m1/s1. The third-order valence-corrected chi connectivity index (χ3v) is 5.39.